The Bertz CT molecular complexity index is 2060. The molecule has 4 heterocycles. The van der Waals surface area contributed by atoms with Crippen LogP contribution in [0.3, 0.4) is 0 Å². The van der Waals surface area contributed by atoms with E-state index in [4.69, 9.17) is 16.1 Å². The second-order valence-electron chi connectivity index (χ2n) is 12.7. The molecule has 0 aliphatic carbocycles. The van der Waals surface area contributed by atoms with Gasteiger partial charge in [-0.15, -0.1) is 6.42 Å². The SMILES string of the molecule is C#Cc1c(F)ccc2cccc(-c3nc4c5c(nc(S(=O)(=O)CC)nc5c3F)N3C[C@@H](CC)N(C(=O)OC(C)(C)C)CC3CC4)c12. The Morgan fingerprint density at radius 2 is 1.85 bits per heavy atom. The molecule has 2 aliphatic heterocycles. The Kier molecular flexibility index (Phi) is 7.87. The molecule has 12 heteroatoms. The van der Waals surface area contributed by atoms with Crippen molar-refractivity contribution in [2.45, 2.75) is 76.7 Å². The van der Waals surface area contributed by atoms with Crippen LogP contribution in [0.15, 0.2) is 35.5 Å². The molecule has 4 aromatic rings. The first-order valence-electron chi connectivity index (χ1n) is 15.3. The van der Waals surface area contributed by atoms with Gasteiger partial charge in [-0.1, -0.05) is 44.0 Å². The van der Waals surface area contributed by atoms with Gasteiger partial charge in [0.25, 0.3) is 0 Å². The minimum atomic E-state index is -3.97. The van der Waals surface area contributed by atoms with Crippen LogP contribution in [-0.4, -0.2) is 70.9 Å². The van der Waals surface area contributed by atoms with Crippen LogP contribution in [-0.2, 0) is 21.0 Å². The number of sulfone groups is 1. The third-order valence-corrected chi connectivity index (χ3v) is 10.2. The number of amides is 1. The number of hydrogen-bond acceptors (Lipinski definition) is 8. The normalized spacial score (nSPS) is 18.3. The quantitative estimate of drug-likeness (QED) is 0.195. The van der Waals surface area contributed by atoms with Gasteiger partial charge in [0.05, 0.1) is 28.4 Å². The lowest BCUT2D eigenvalue weighted by Gasteiger charge is -2.46. The van der Waals surface area contributed by atoms with E-state index in [0.717, 1.165) is 0 Å². The predicted molar refractivity (Wildman–Crippen MR) is 172 cm³/mol. The fourth-order valence-electron chi connectivity index (χ4n) is 6.39. The van der Waals surface area contributed by atoms with E-state index in [-0.39, 0.29) is 46.0 Å². The summed E-state index contributed by atoms with van der Waals surface area (Å²) in [6, 6.07) is 7.34. The Labute approximate surface area is 266 Å². The van der Waals surface area contributed by atoms with Crippen molar-refractivity contribution in [3.8, 4) is 23.6 Å². The maximum absolute atomic E-state index is 16.9. The van der Waals surface area contributed by atoms with Gasteiger partial charge in [-0.2, -0.15) is 0 Å². The zero-order valence-corrected chi connectivity index (χ0v) is 27.2. The summed E-state index contributed by atoms with van der Waals surface area (Å²) in [7, 11) is -3.97. The van der Waals surface area contributed by atoms with E-state index in [2.05, 4.69) is 15.9 Å². The first-order chi connectivity index (χ1) is 21.8. The van der Waals surface area contributed by atoms with Gasteiger partial charge in [0, 0.05) is 30.1 Å². The topological polar surface area (TPSA) is 106 Å². The number of piperazine rings is 1. The smallest absolute Gasteiger partial charge is 0.410 e. The molecule has 1 saturated heterocycles. The highest BCUT2D eigenvalue weighted by molar-refractivity contribution is 7.91. The van der Waals surface area contributed by atoms with E-state index in [1.165, 1.54) is 13.0 Å². The van der Waals surface area contributed by atoms with Crippen LogP contribution in [0.5, 0.6) is 0 Å². The average molecular weight is 648 g/mol. The fourth-order valence-corrected chi connectivity index (χ4v) is 7.10. The number of ether oxygens (including phenoxy) is 1. The Morgan fingerprint density at radius 3 is 2.52 bits per heavy atom. The number of carbonyl (C=O) groups is 1. The number of aromatic nitrogens is 3. The van der Waals surface area contributed by atoms with Crippen molar-refractivity contribution >= 4 is 43.4 Å². The molecule has 2 aromatic heterocycles. The van der Waals surface area contributed by atoms with E-state index in [1.807, 2.05) is 32.6 Å². The monoisotopic (exact) mass is 647 g/mol. The van der Waals surface area contributed by atoms with E-state index in [0.29, 0.717) is 54.2 Å². The molecule has 0 radical (unpaired) electrons. The van der Waals surface area contributed by atoms with Crippen LogP contribution in [0.4, 0.5) is 19.4 Å². The number of benzene rings is 2. The second kappa shape index (κ2) is 11.5. The van der Waals surface area contributed by atoms with E-state index < -0.39 is 38.3 Å². The number of anilines is 1. The van der Waals surface area contributed by atoms with Gasteiger partial charge in [-0.25, -0.2) is 36.9 Å². The highest BCUT2D eigenvalue weighted by atomic mass is 32.2. The highest BCUT2D eigenvalue weighted by Crippen LogP contribution is 2.41. The van der Waals surface area contributed by atoms with E-state index in [1.54, 1.807) is 29.2 Å². The van der Waals surface area contributed by atoms with Crippen molar-refractivity contribution in [3.63, 3.8) is 0 Å². The van der Waals surface area contributed by atoms with Crippen LogP contribution in [0.1, 0.15) is 58.7 Å². The summed E-state index contributed by atoms with van der Waals surface area (Å²) in [5, 5.41) is 0.754. The summed E-state index contributed by atoms with van der Waals surface area (Å²) in [4.78, 5) is 30.6. The first kappa shape index (κ1) is 31.6. The van der Waals surface area contributed by atoms with Crippen molar-refractivity contribution in [2.75, 3.05) is 23.7 Å². The van der Waals surface area contributed by atoms with Gasteiger partial charge < -0.3 is 14.5 Å². The van der Waals surface area contributed by atoms with Gasteiger partial charge in [0.1, 0.15) is 28.4 Å². The number of carbonyl (C=O) groups excluding carboxylic acids is 1. The van der Waals surface area contributed by atoms with E-state index in [9.17, 15) is 17.6 Å². The number of pyridine rings is 1. The molecule has 2 atom stereocenters. The molecule has 240 valence electrons. The van der Waals surface area contributed by atoms with Crippen LogP contribution in [0.2, 0.25) is 0 Å². The molecule has 0 bridgehead atoms. The minimum absolute atomic E-state index is 0.0251. The molecule has 1 amide bonds. The van der Waals surface area contributed by atoms with Crippen LogP contribution in [0.25, 0.3) is 32.9 Å². The number of hydrogen-bond donors (Lipinski definition) is 0. The zero-order chi connectivity index (χ0) is 33.1. The van der Waals surface area contributed by atoms with E-state index >= 15 is 4.39 Å². The lowest BCUT2D eigenvalue weighted by molar-refractivity contribution is 0.00972. The number of nitrogens with zero attached hydrogens (tertiary/aromatic N) is 5. The summed E-state index contributed by atoms with van der Waals surface area (Å²) in [5.41, 5.74) is -0.260. The molecule has 0 saturated carbocycles. The third-order valence-electron chi connectivity index (χ3n) is 8.66. The van der Waals surface area contributed by atoms with Crippen molar-refractivity contribution in [3.05, 3.63) is 53.2 Å². The van der Waals surface area contributed by atoms with Crippen LogP contribution in [0, 0.1) is 24.0 Å². The number of fused-ring (bicyclic) bond motifs is 3. The summed E-state index contributed by atoms with van der Waals surface area (Å²) in [6.45, 7) is 9.50. The zero-order valence-electron chi connectivity index (χ0n) is 26.4. The maximum atomic E-state index is 16.9. The van der Waals surface area contributed by atoms with Crippen molar-refractivity contribution in [1.29, 1.82) is 0 Å². The van der Waals surface area contributed by atoms with Crippen LogP contribution >= 0.6 is 0 Å². The molecular weight excluding hydrogens is 612 g/mol. The number of terminal acetylenes is 1. The summed E-state index contributed by atoms with van der Waals surface area (Å²) in [6.07, 6.45) is 6.75. The standard InChI is InChI=1S/C34H35F2N5O4S/c1-7-20-17-40-21(18-41(20)33(42)45-34(4,5)6)14-16-25-27-30(38-32(39-31(27)40)46(43,44)9-3)28(36)29(37-25)23-12-10-11-19-13-15-24(35)22(8-2)26(19)23/h2,10-13,15,20-21H,7,9,14,16-18H2,1,3-6H3/t20-,21?/m1/s1. The third kappa shape index (κ3) is 5.30. The average Bonchev–Trinajstić information content (AvgIpc) is 3.17. The van der Waals surface area contributed by atoms with Gasteiger partial charge in [-0.3, -0.25) is 0 Å². The van der Waals surface area contributed by atoms with Crippen molar-refractivity contribution < 1.29 is 26.7 Å². The highest BCUT2D eigenvalue weighted by Gasteiger charge is 2.41. The summed E-state index contributed by atoms with van der Waals surface area (Å²) in [5.74, 6) is 0.893. The first-order valence-corrected chi connectivity index (χ1v) is 17.0. The van der Waals surface area contributed by atoms with Crippen LogP contribution < -0.4 is 4.90 Å². The molecule has 2 aliphatic rings. The fraction of sp³-hybridized carbons (Fsp3) is 0.412. The lowest BCUT2D eigenvalue weighted by Crippen LogP contribution is -2.60. The molecule has 1 unspecified atom stereocenters. The molecule has 0 N–H and O–H groups in total. The van der Waals surface area contributed by atoms with Gasteiger partial charge in [-0.05, 0) is 51.5 Å². The van der Waals surface area contributed by atoms with Crippen molar-refractivity contribution in [1.82, 2.24) is 19.9 Å². The molecular formula is C34H35F2N5O4S. The molecule has 9 nitrogen and oxygen atoms in total. The Morgan fingerprint density at radius 1 is 1.09 bits per heavy atom. The van der Waals surface area contributed by atoms with Gasteiger partial charge >= 0.3 is 6.09 Å². The summed E-state index contributed by atoms with van der Waals surface area (Å²) < 4.78 is 63.9. The largest absolute Gasteiger partial charge is 0.444 e. The molecule has 1 fully saturated rings. The maximum Gasteiger partial charge on any atom is 0.410 e. The summed E-state index contributed by atoms with van der Waals surface area (Å²) >= 11 is 0. The number of halogens is 2. The molecule has 2 aromatic carbocycles. The molecule has 46 heavy (non-hydrogen) atoms. The van der Waals surface area contributed by atoms with Gasteiger partial charge in [0.15, 0.2) is 5.82 Å². The lowest BCUT2D eigenvalue weighted by atomic mass is 9.95. The Hall–Kier alpha value is -4.37. The number of aryl methyl sites for hydroxylation is 1. The predicted octanol–water partition coefficient (Wildman–Crippen LogP) is 6.05. The number of rotatable bonds is 4. The van der Waals surface area contributed by atoms with Gasteiger partial charge in [0.2, 0.25) is 15.0 Å². The molecule has 6 rings (SSSR count). The molecule has 0 spiro atoms. The second-order valence-corrected chi connectivity index (χ2v) is 14.9. The van der Waals surface area contributed by atoms with Crippen molar-refractivity contribution in [2.24, 2.45) is 0 Å². The minimum Gasteiger partial charge on any atom is -0.444 e. The Balaban J connectivity index is 1.59.